The molecule has 0 atom stereocenters. The minimum absolute atomic E-state index is 0.0385. The van der Waals surface area contributed by atoms with Gasteiger partial charge in [-0.05, 0) is 18.6 Å². The number of aromatic nitrogens is 1. The fourth-order valence-corrected chi connectivity index (χ4v) is 0.794. The van der Waals surface area contributed by atoms with E-state index in [1.807, 2.05) is 18.2 Å². The van der Waals surface area contributed by atoms with Crippen molar-refractivity contribution >= 4 is 11.0 Å². The van der Waals surface area contributed by atoms with Crippen LogP contribution in [0.3, 0.4) is 0 Å². The van der Waals surface area contributed by atoms with E-state index in [1.54, 1.807) is 12.4 Å². The lowest BCUT2D eigenvalue weighted by Gasteiger charge is -1.88. The number of aliphatic hydroxyl groups excluding tert-OH is 1. The first kappa shape index (κ1) is 13.0. The quantitative estimate of drug-likeness (QED) is 0.550. The van der Waals surface area contributed by atoms with Crippen LogP contribution in [0.15, 0.2) is 30.6 Å². The molecule has 0 aliphatic heterocycles. The molecule has 1 heterocycles. The molecule has 0 aromatic carbocycles. The zero-order valence-corrected chi connectivity index (χ0v) is 8.47. The summed E-state index contributed by atoms with van der Waals surface area (Å²) in [6, 6.07) is 5.72. The van der Waals surface area contributed by atoms with E-state index in [-0.39, 0.29) is 13.2 Å². The zero-order valence-electron chi connectivity index (χ0n) is 7.57. The van der Waals surface area contributed by atoms with Gasteiger partial charge >= 0.3 is 0 Å². The van der Waals surface area contributed by atoms with Gasteiger partial charge in [0.15, 0.2) is 0 Å². The van der Waals surface area contributed by atoms with E-state index >= 15 is 0 Å². The lowest BCUT2D eigenvalue weighted by atomic mass is 10.5. The Balaban J connectivity index is 0.000000249. The van der Waals surface area contributed by atoms with Crippen LogP contribution in [-0.4, -0.2) is 31.7 Å². The first-order valence-corrected chi connectivity index (χ1v) is 5.10. The van der Waals surface area contributed by atoms with E-state index in [2.05, 4.69) is 9.17 Å². The van der Waals surface area contributed by atoms with Gasteiger partial charge in [0.1, 0.15) is 0 Å². The molecule has 0 unspecified atom stereocenters. The van der Waals surface area contributed by atoms with Crippen molar-refractivity contribution in [1.29, 1.82) is 0 Å². The van der Waals surface area contributed by atoms with E-state index in [0.29, 0.717) is 6.42 Å². The Labute approximate surface area is 84.5 Å². The first-order chi connectivity index (χ1) is 6.77. The van der Waals surface area contributed by atoms with Gasteiger partial charge in [0.05, 0.1) is 6.61 Å². The van der Waals surface area contributed by atoms with Gasteiger partial charge in [-0.25, -0.2) is 8.42 Å². The summed E-state index contributed by atoms with van der Waals surface area (Å²) >= 11 is 0. The molecule has 1 rings (SSSR count). The SMILES string of the molecule is O=[SH](=O)OCCCO.c1ccncc1. The van der Waals surface area contributed by atoms with Crippen molar-refractivity contribution in [2.45, 2.75) is 6.42 Å². The Hall–Kier alpha value is -0.980. The number of nitrogens with zero attached hydrogens (tertiary/aromatic N) is 1. The van der Waals surface area contributed by atoms with Crippen LogP contribution in [-0.2, 0) is 15.2 Å². The molecule has 5 nitrogen and oxygen atoms in total. The molecule has 0 fully saturated rings. The summed E-state index contributed by atoms with van der Waals surface area (Å²) in [7, 11) is -2.72. The third kappa shape index (κ3) is 11.0. The highest BCUT2D eigenvalue weighted by Crippen LogP contribution is 1.78. The van der Waals surface area contributed by atoms with Crippen LogP contribution in [0.5, 0.6) is 0 Å². The molecule has 1 aromatic heterocycles. The summed E-state index contributed by atoms with van der Waals surface area (Å²) in [4.78, 5) is 3.78. The average molecular weight is 219 g/mol. The molecule has 1 aromatic rings. The summed E-state index contributed by atoms with van der Waals surface area (Å²) in [5.41, 5.74) is 0. The van der Waals surface area contributed by atoms with Gasteiger partial charge in [0.25, 0.3) is 11.0 Å². The van der Waals surface area contributed by atoms with Crippen molar-refractivity contribution in [1.82, 2.24) is 4.98 Å². The normalized spacial score (nSPS) is 9.29. The highest BCUT2D eigenvalue weighted by Gasteiger charge is 1.84. The van der Waals surface area contributed by atoms with E-state index in [0.717, 1.165) is 0 Å². The number of hydrogen-bond donors (Lipinski definition) is 2. The highest BCUT2D eigenvalue weighted by molar-refractivity contribution is 7.67. The Morgan fingerprint density at radius 1 is 1.21 bits per heavy atom. The minimum Gasteiger partial charge on any atom is -0.396 e. The zero-order chi connectivity index (χ0) is 10.6. The second-order valence-corrected chi connectivity index (χ2v) is 2.86. The fourth-order valence-electron chi connectivity index (χ4n) is 0.516. The number of thiol groups is 1. The molecule has 6 heteroatoms. The maximum absolute atomic E-state index is 9.61. The summed E-state index contributed by atoms with van der Waals surface area (Å²) in [6.45, 7) is 0.0401. The van der Waals surface area contributed by atoms with E-state index in [9.17, 15) is 8.42 Å². The third-order valence-electron chi connectivity index (χ3n) is 1.07. The van der Waals surface area contributed by atoms with Crippen LogP contribution in [0.25, 0.3) is 0 Å². The molecule has 0 saturated carbocycles. The predicted octanol–water partition coefficient (Wildman–Crippen LogP) is -0.00660. The second kappa shape index (κ2) is 10.1. The Morgan fingerprint density at radius 3 is 2.14 bits per heavy atom. The van der Waals surface area contributed by atoms with Gasteiger partial charge in [0.2, 0.25) is 0 Å². The molecule has 0 aliphatic carbocycles. The number of hydrogen-bond acceptors (Lipinski definition) is 5. The lowest BCUT2D eigenvalue weighted by Crippen LogP contribution is -1.94. The summed E-state index contributed by atoms with van der Waals surface area (Å²) < 4.78 is 23.3. The van der Waals surface area contributed by atoms with Crippen LogP contribution >= 0.6 is 0 Å². The van der Waals surface area contributed by atoms with E-state index in [1.165, 1.54) is 0 Å². The monoisotopic (exact) mass is 219 g/mol. The average Bonchev–Trinajstić information content (AvgIpc) is 2.21. The van der Waals surface area contributed by atoms with Crippen LogP contribution in [0.4, 0.5) is 0 Å². The Kier molecular flexibility index (Phi) is 9.40. The molecule has 0 radical (unpaired) electrons. The summed E-state index contributed by atoms with van der Waals surface area (Å²) in [5.74, 6) is 0. The van der Waals surface area contributed by atoms with Crippen LogP contribution in [0, 0.1) is 0 Å². The molecular formula is C8H13NO4S. The standard InChI is InChI=1S/C5H5N.C3H8O4S/c1-2-4-6-5-3-1;4-2-1-3-7-8(5)6/h1-5H;4,8H,1-3H2. The molecule has 80 valence electrons. The van der Waals surface area contributed by atoms with Crippen molar-refractivity contribution in [3.05, 3.63) is 30.6 Å². The van der Waals surface area contributed by atoms with Gasteiger partial charge < -0.3 is 5.11 Å². The van der Waals surface area contributed by atoms with Crippen LogP contribution in [0.1, 0.15) is 6.42 Å². The third-order valence-corrected chi connectivity index (χ3v) is 1.46. The van der Waals surface area contributed by atoms with Crippen LogP contribution in [0.2, 0.25) is 0 Å². The topological polar surface area (TPSA) is 76.5 Å². The van der Waals surface area contributed by atoms with Crippen molar-refractivity contribution in [2.75, 3.05) is 13.2 Å². The van der Waals surface area contributed by atoms with Gasteiger partial charge in [-0.2, -0.15) is 0 Å². The van der Waals surface area contributed by atoms with Gasteiger partial charge in [0, 0.05) is 19.0 Å². The molecule has 0 amide bonds. The number of aliphatic hydroxyl groups is 1. The summed E-state index contributed by atoms with van der Waals surface area (Å²) in [6.07, 6.45) is 3.86. The van der Waals surface area contributed by atoms with Gasteiger partial charge in [-0.15, -0.1) is 0 Å². The lowest BCUT2D eigenvalue weighted by molar-refractivity contribution is 0.241. The molecule has 1 N–H and O–H groups in total. The van der Waals surface area contributed by atoms with Crippen molar-refractivity contribution < 1.29 is 17.7 Å². The fraction of sp³-hybridized carbons (Fsp3) is 0.375. The first-order valence-electron chi connectivity index (χ1n) is 4.00. The van der Waals surface area contributed by atoms with Crippen molar-refractivity contribution in [2.24, 2.45) is 0 Å². The molecule has 14 heavy (non-hydrogen) atoms. The van der Waals surface area contributed by atoms with Gasteiger partial charge in [-0.1, -0.05) is 6.07 Å². The van der Waals surface area contributed by atoms with Crippen molar-refractivity contribution in [3.63, 3.8) is 0 Å². The predicted molar refractivity (Wildman–Crippen MR) is 52.2 cm³/mol. The summed E-state index contributed by atoms with van der Waals surface area (Å²) in [5, 5.41) is 8.10. The molecule has 0 spiro atoms. The second-order valence-electron chi connectivity index (χ2n) is 2.16. The molecule has 0 bridgehead atoms. The van der Waals surface area contributed by atoms with E-state index < -0.39 is 11.0 Å². The maximum atomic E-state index is 9.61. The number of rotatable bonds is 4. The maximum Gasteiger partial charge on any atom is 0.257 e. The number of pyridine rings is 1. The largest absolute Gasteiger partial charge is 0.396 e. The highest BCUT2D eigenvalue weighted by atomic mass is 32.2. The molecule has 0 saturated heterocycles. The van der Waals surface area contributed by atoms with Crippen LogP contribution < -0.4 is 0 Å². The van der Waals surface area contributed by atoms with Gasteiger partial charge in [-0.3, -0.25) is 9.17 Å². The Morgan fingerprint density at radius 2 is 1.86 bits per heavy atom. The molecular weight excluding hydrogens is 206 g/mol. The van der Waals surface area contributed by atoms with E-state index in [4.69, 9.17) is 5.11 Å². The Bertz CT molecular complexity index is 241. The molecule has 0 aliphatic rings. The van der Waals surface area contributed by atoms with Crippen molar-refractivity contribution in [3.8, 4) is 0 Å². The minimum atomic E-state index is -2.72. The smallest absolute Gasteiger partial charge is 0.257 e.